The minimum atomic E-state index is 0.102. The SMILES string of the molecule is CNC1CC2CC2CN(C2CCC3CC32)C1=O. The maximum atomic E-state index is 12.6. The molecule has 3 heteroatoms. The zero-order chi connectivity index (χ0) is 11.6. The molecule has 1 saturated heterocycles. The highest BCUT2D eigenvalue weighted by molar-refractivity contribution is 5.83. The van der Waals surface area contributed by atoms with E-state index in [0.717, 1.165) is 36.6 Å². The van der Waals surface area contributed by atoms with Crippen molar-refractivity contribution in [1.29, 1.82) is 0 Å². The first kappa shape index (κ1) is 10.4. The van der Waals surface area contributed by atoms with E-state index in [4.69, 9.17) is 0 Å². The Morgan fingerprint density at radius 2 is 2.00 bits per heavy atom. The van der Waals surface area contributed by atoms with Crippen LogP contribution < -0.4 is 5.32 Å². The second-order valence-electron chi connectivity index (χ2n) is 6.63. The highest BCUT2D eigenvalue weighted by atomic mass is 16.2. The number of fused-ring (bicyclic) bond motifs is 2. The molecule has 3 aliphatic carbocycles. The second-order valence-corrected chi connectivity index (χ2v) is 6.63. The van der Waals surface area contributed by atoms with E-state index in [-0.39, 0.29) is 6.04 Å². The minimum absolute atomic E-state index is 0.102. The van der Waals surface area contributed by atoms with Gasteiger partial charge in [-0.2, -0.15) is 0 Å². The van der Waals surface area contributed by atoms with Crippen molar-refractivity contribution in [3.63, 3.8) is 0 Å². The van der Waals surface area contributed by atoms with Crippen molar-refractivity contribution < 1.29 is 4.79 Å². The molecule has 0 aromatic rings. The lowest BCUT2D eigenvalue weighted by Crippen LogP contribution is -2.49. The molecule has 3 nitrogen and oxygen atoms in total. The van der Waals surface area contributed by atoms with Crippen LogP contribution in [0.3, 0.4) is 0 Å². The van der Waals surface area contributed by atoms with Crippen LogP contribution in [0.25, 0.3) is 0 Å². The van der Waals surface area contributed by atoms with Crippen LogP contribution in [0.15, 0.2) is 0 Å². The normalized spacial score (nSPS) is 51.8. The van der Waals surface area contributed by atoms with E-state index >= 15 is 0 Å². The predicted molar refractivity (Wildman–Crippen MR) is 65.4 cm³/mol. The molecule has 0 aromatic carbocycles. The molecular formula is C14H22N2O. The molecule has 0 spiro atoms. The van der Waals surface area contributed by atoms with Crippen LogP contribution in [0, 0.1) is 23.7 Å². The number of likely N-dealkylation sites (N-methyl/N-ethyl adjacent to an activating group) is 1. The number of nitrogens with one attached hydrogen (secondary N) is 1. The van der Waals surface area contributed by atoms with Crippen LogP contribution in [0.5, 0.6) is 0 Å². The van der Waals surface area contributed by atoms with Crippen molar-refractivity contribution >= 4 is 5.91 Å². The quantitative estimate of drug-likeness (QED) is 0.779. The number of nitrogens with zero attached hydrogens (tertiary/aromatic N) is 1. The second kappa shape index (κ2) is 3.47. The first-order valence-corrected chi connectivity index (χ1v) is 7.25. The Kier molecular flexibility index (Phi) is 2.11. The van der Waals surface area contributed by atoms with Gasteiger partial charge in [0.1, 0.15) is 0 Å². The van der Waals surface area contributed by atoms with Crippen molar-refractivity contribution in [3.8, 4) is 0 Å². The van der Waals surface area contributed by atoms with Gasteiger partial charge in [-0.1, -0.05) is 0 Å². The van der Waals surface area contributed by atoms with Crippen LogP contribution in [-0.2, 0) is 4.79 Å². The summed E-state index contributed by atoms with van der Waals surface area (Å²) in [4.78, 5) is 14.8. The molecule has 0 bridgehead atoms. The Hall–Kier alpha value is -0.570. The fourth-order valence-corrected chi connectivity index (χ4v) is 4.37. The first-order valence-electron chi connectivity index (χ1n) is 7.25. The fourth-order valence-electron chi connectivity index (χ4n) is 4.37. The molecule has 94 valence electrons. The van der Waals surface area contributed by atoms with E-state index in [2.05, 4.69) is 10.2 Å². The third kappa shape index (κ3) is 1.55. The van der Waals surface area contributed by atoms with E-state index in [1.165, 1.54) is 25.7 Å². The molecule has 4 aliphatic rings. The van der Waals surface area contributed by atoms with Gasteiger partial charge in [0, 0.05) is 12.6 Å². The van der Waals surface area contributed by atoms with Crippen LogP contribution in [0.2, 0.25) is 0 Å². The molecule has 0 radical (unpaired) electrons. The summed E-state index contributed by atoms with van der Waals surface area (Å²) >= 11 is 0. The number of amides is 1. The van der Waals surface area contributed by atoms with Crippen LogP contribution in [0.1, 0.15) is 32.1 Å². The Morgan fingerprint density at radius 3 is 2.65 bits per heavy atom. The van der Waals surface area contributed by atoms with E-state index < -0.39 is 0 Å². The number of likely N-dealkylation sites (tertiary alicyclic amines) is 1. The monoisotopic (exact) mass is 234 g/mol. The van der Waals surface area contributed by atoms with Crippen LogP contribution in [-0.4, -0.2) is 36.5 Å². The molecule has 4 rings (SSSR count). The van der Waals surface area contributed by atoms with Gasteiger partial charge < -0.3 is 10.2 Å². The zero-order valence-corrected chi connectivity index (χ0v) is 10.6. The van der Waals surface area contributed by atoms with Gasteiger partial charge >= 0.3 is 0 Å². The van der Waals surface area contributed by atoms with E-state index in [1.54, 1.807) is 0 Å². The number of carbonyl (C=O) groups is 1. The summed E-state index contributed by atoms with van der Waals surface area (Å²) in [5.74, 6) is 3.90. The number of hydrogen-bond donors (Lipinski definition) is 1. The average Bonchev–Trinajstić information content (AvgIpc) is 3.22. The Morgan fingerprint density at radius 1 is 1.12 bits per heavy atom. The zero-order valence-electron chi connectivity index (χ0n) is 10.6. The van der Waals surface area contributed by atoms with Crippen molar-refractivity contribution in [2.75, 3.05) is 13.6 Å². The number of hydrogen-bond acceptors (Lipinski definition) is 2. The first-order chi connectivity index (χ1) is 8.28. The van der Waals surface area contributed by atoms with Gasteiger partial charge in [0.05, 0.1) is 6.04 Å². The molecule has 1 amide bonds. The highest BCUT2D eigenvalue weighted by Gasteiger charge is 2.54. The number of rotatable bonds is 2. The molecule has 1 heterocycles. The van der Waals surface area contributed by atoms with Gasteiger partial charge in [-0.3, -0.25) is 4.79 Å². The lowest BCUT2D eigenvalue weighted by Gasteiger charge is -2.32. The molecule has 1 N–H and O–H groups in total. The smallest absolute Gasteiger partial charge is 0.239 e. The van der Waals surface area contributed by atoms with Gasteiger partial charge in [0.25, 0.3) is 0 Å². The summed E-state index contributed by atoms with van der Waals surface area (Å²) in [7, 11) is 1.94. The summed E-state index contributed by atoms with van der Waals surface area (Å²) in [5, 5.41) is 3.24. The van der Waals surface area contributed by atoms with Gasteiger partial charge in [0.15, 0.2) is 0 Å². The summed E-state index contributed by atoms with van der Waals surface area (Å²) in [6.07, 6.45) is 6.49. The molecule has 6 atom stereocenters. The van der Waals surface area contributed by atoms with Crippen molar-refractivity contribution in [2.24, 2.45) is 23.7 Å². The Balaban J connectivity index is 1.57. The third-order valence-corrected chi connectivity index (χ3v) is 5.67. The van der Waals surface area contributed by atoms with Crippen LogP contribution >= 0.6 is 0 Å². The standard InChI is InChI=1S/C14H22N2O/c1-15-12-6-9-4-10(9)7-16(14(12)17)13-3-2-8-5-11(8)13/h8-13,15H,2-7H2,1H3. The number of carbonyl (C=O) groups excluding carboxylic acids is 1. The largest absolute Gasteiger partial charge is 0.338 e. The lowest BCUT2D eigenvalue weighted by molar-refractivity contribution is -0.135. The van der Waals surface area contributed by atoms with Crippen molar-refractivity contribution in [1.82, 2.24) is 10.2 Å². The molecule has 4 fully saturated rings. The predicted octanol–water partition coefficient (Wildman–Crippen LogP) is 1.24. The maximum Gasteiger partial charge on any atom is 0.239 e. The minimum Gasteiger partial charge on any atom is -0.338 e. The Labute approximate surface area is 103 Å². The molecule has 3 saturated carbocycles. The van der Waals surface area contributed by atoms with E-state index in [0.29, 0.717) is 11.9 Å². The summed E-state index contributed by atoms with van der Waals surface area (Å²) in [5.41, 5.74) is 0. The maximum absolute atomic E-state index is 12.6. The molecule has 6 unspecified atom stereocenters. The third-order valence-electron chi connectivity index (χ3n) is 5.67. The Bertz CT molecular complexity index is 356. The highest BCUT2D eigenvalue weighted by Crippen LogP contribution is 2.55. The topological polar surface area (TPSA) is 32.3 Å². The van der Waals surface area contributed by atoms with E-state index in [9.17, 15) is 4.79 Å². The molecule has 1 aliphatic heterocycles. The average molecular weight is 234 g/mol. The molecular weight excluding hydrogens is 212 g/mol. The van der Waals surface area contributed by atoms with E-state index in [1.807, 2.05) is 7.05 Å². The fraction of sp³-hybridized carbons (Fsp3) is 0.929. The summed E-state index contributed by atoms with van der Waals surface area (Å²) < 4.78 is 0. The summed E-state index contributed by atoms with van der Waals surface area (Å²) in [6.45, 7) is 1.07. The summed E-state index contributed by atoms with van der Waals surface area (Å²) in [6, 6.07) is 0.702. The van der Waals surface area contributed by atoms with Crippen molar-refractivity contribution in [2.45, 2.75) is 44.2 Å². The molecule has 0 aromatic heterocycles. The van der Waals surface area contributed by atoms with Gasteiger partial charge in [-0.15, -0.1) is 0 Å². The van der Waals surface area contributed by atoms with Crippen molar-refractivity contribution in [3.05, 3.63) is 0 Å². The molecule has 17 heavy (non-hydrogen) atoms. The van der Waals surface area contributed by atoms with Gasteiger partial charge in [-0.05, 0) is 62.8 Å². The van der Waals surface area contributed by atoms with Crippen LogP contribution in [0.4, 0.5) is 0 Å². The van der Waals surface area contributed by atoms with Gasteiger partial charge in [-0.25, -0.2) is 0 Å². The lowest BCUT2D eigenvalue weighted by atomic mass is 10.1. The van der Waals surface area contributed by atoms with Gasteiger partial charge in [0.2, 0.25) is 5.91 Å².